The van der Waals surface area contributed by atoms with Gasteiger partial charge < -0.3 is 8.83 Å². The maximum absolute atomic E-state index is 6.41. The molecule has 16 aromatic rings. The first-order chi connectivity index (χ1) is 44.6. The predicted octanol–water partition coefficient (Wildman–Crippen LogP) is 20.6. The van der Waals surface area contributed by atoms with Gasteiger partial charge in [0.25, 0.3) is 0 Å². The van der Waals surface area contributed by atoms with Crippen LogP contribution < -0.4 is 0 Å². The zero-order valence-electron chi connectivity index (χ0n) is 48.6. The number of benzene rings is 13. The highest BCUT2D eigenvalue weighted by atomic mass is 16.4. The summed E-state index contributed by atoms with van der Waals surface area (Å²) >= 11 is 0. The van der Waals surface area contributed by atoms with Crippen LogP contribution >= 0.6 is 0 Å². The number of rotatable bonds is 10. The van der Waals surface area contributed by atoms with E-state index >= 15 is 0 Å². The lowest BCUT2D eigenvalue weighted by molar-refractivity contribution is 0.619. The standard InChI is InChI=1S/C84H52N4O2/c1-5-19-61(20-6-1)83(62-21-7-2-8-22-62)69-49-57(41-45-65(69)67-47-43-59(51-71(67)83)81-87-75-29-15-17-31-77(75)89-81)53-33-37-55(38-34-53)79-80(86-74-28-14-13-27-73(74)85-79)56-39-35-54(36-40-56)58-42-46-66-68-48-44-60(82-88-76-30-16-18-32-78(76)90-82)52-72(68)84(70(66)50-58,63-23-9-3-10-24-63)64-25-11-4-12-26-64/h1-52H. The number of para-hydroxylation sites is 6. The lowest BCUT2D eigenvalue weighted by Crippen LogP contribution is -2.28. The first-order valence-corrected chi connectivity index (χ1v) is 30.6. The van der Waals surface area contributed by atoms with Crippen molar-refractivity contribution in [1.82, 2.24) is 19.9 Å². The van der Waals surface area contributed by atoms with Crippen LogP contribution in [0.2, 0.25) is 0 Å². The molecule has 420 valence electrons. The molecule has 3 heterocycles. The van der Waals surface area contributed by atoms with Gasteiger partial charge in [0.2, 0.25) is 11.8 Å². The maximum atomic E-state index is 6.41. The Morgan fingerprint density at radius 1 is 0.211 bits per heavy atom. The summed E-state index contributed by atoms with van der Waals surface area (Å²) in [5, 5.41) is 0. The summed E-state index contributed by atoms with van der Waals surface area (Å²) in [4.78, 5) is 20.7. The summed E-state index contributed by atoms with van der Waals surface area (Å²) in [7, 11) is 0. The normalized spacial score (nSPS) is 13.3. The lowest BCUT2D eigenvalue weighted by atomic mass is 9.67. The van der Waals surface area contributed by atoms with Crippen LogP contribution in [0, 0.1) is 0 Å². The summed E-state index contributed by atoms with van der Waals surface area (Å²) in [5.74, 6) is 1.21. The van der Waals surface area contributed by atoms with Crippen LogP contribution in [0.15, 0.2) is 324 Å². The minimum Gasteiger partial charge on any atom is -0.436 e. The first-order valence-electron chi connectivity index (χ1n) is 30.6. The van der Waals surface area contributed by atoms with Gasteiger partial charge in [0.1, 0.15) is 11.0 Å². The van der Waals surface area contributed by atoms with E-state index in [9.17, 15) is 0 Å². The van der Waals surface area contributed by atoms with E-state index < -0.39 is 10.8 Å². The van der Waals surface area contributed by atoms with E-state index in [-0.39, 0.29) is 0 Å². The molecular formula is C84H52N4O2. The molecule has 90 heavy (non-hydrogen) atoms. The van der Waals surface area contributed by atoms with Crippen LogP contribution in [0.3, 0.4) is 0 Å². The van der Waals surface area contributed by atoms with Gasteiger partial charge in [-0.25, -0.2) is 19.9 Å². The van der Waals surface area contributed by atoms with Crippen molar-refractivity contribution < 1.29 is 8.83 Å². The number of aromatic nitrogens is 4. The third-order valence-corrected chi connectivity index (χ3v) is 18.7. The molecule has 13 aromatic carbocycles. The van der Waals surface area contributed by atoms with Crippen molar-refractivity contribution in [1.29, 1.82) is 0 Å². The molecule has 0 spiro atoms. The van der Waals surface area contributed by atoms with Crippen molar-refractivity contribution in [2.24, 2.45) is 0 Å². The van der Waals surface area contributed by atoms with Gasteiger partial charge in [-0.1, -0.05) is 243 Å². The molecule has 0 saturated carbocycles. The SMILES string of the molecule is c1ccc(C2(c3ccccc3)c3cc(-c4ccc(-c5nc6ccccc6nc5-c5ccc(-c6ccc7c(c6)C(c6ccccc6)(c6ccccc6)c6cc(-c8nc9ccccc9o8)ccc6-7)cc5)cc4)ccc3-c3ccc(-c4nc5ccccc5o4)cc32)cc1. The molecular weight excluding hydrogens is 1100 g/mol. The Morgan fingerprint density at radius 3 is 0.811 bits per heavy atom. The molecule has 0 atom stereocenters. The van der Waals surface area contributed by atoms with Crippen molar-refractivity contribution in [3.63, 3.8) is 0 Å². The quantitative estimate of drug-likeness (QED) is 0.136. The van der Waals surface area contributed by atoms with Gasteiger partial charge in [-0.05, 0) is 162 Å². The highest BCUT2D eigenvalue weighted by Crippen LogP contribution is 2.59. The van der Waals surface area contributed by atoms with Crippen molar-refractivity contribution in [2.45, 2.75) is 10.8 Å². The highest BCUT2D eigenvalue weighted by molar-refractivity contribution is 5.94. The average Bonchev–Trinajstić information content (AvgIpc) is 1.57. The average molecular weight is 1150 g/mol. The zero-order chi connectivity index (χ0) is 59.3. The van der Waals surface area contributed by atoms with Gasteiger partial charge >= 0.3 is 0 Å². The van der Waals surface area contributed by atoms with E-state index in [0.717, 1.165) is 89.1 Å². The summed E-state index contributed by atoms with van der Waals surface area (Å²) in [6.45, 7) is 0. The summed E-state index contributed by atoms with van der Waals surface area (Å²) in [5.41, 5.74) is 27.9. The Bertz CT molecular complexity index is 4980. The van der Waals surface area contributed by atoms with Crippen LogP contribution in [0.25, 0.3) is 123 Å². The molecule has 3 aromatic heterocycles. The summed E-state index contributed by atoms with van der Waals surface area (Å²) in [6, 6.07) is 113. The fourth-order valence-electron chi connectivity index (χ4n) is 14.6. The topological polar surface area (TPSA) is 77.8 Å². The molecule has 0 unspecified atom stereocenters. The Kier molecular flexibility index (Phi) is 11.6. The third-order valence-electron chi connectivity index (χ3n) is 18.7. The third kappa shape index (κ3) is 7.91. The van der Waals surface area contributed by atoms with Gasteiger partial charge in [0.15, 0.2) is 11.2 Å². The second-order valence-electron chi connectivity index (χ2n) is 23.5. The fourth-order valence-corrected chi connectivity index (χ4v) is 14.6. The molecule has 0 aliphatic heterocycles. The van der Waals surface area contributed by atoms with Gasteiger partial charge in [-0.15, -0.1) is 0 Å². The van der Waals surface area contributed by atoms with Gasteiger partial charge in [0.05, 0.1) is 33.3 Å². The molecule has 6 heteroatoms. The minimum absolute atomic E-state index is 0.604. The Hall–Kier alpha value is -11.9. The molecule has 0 saturated heterocycles. The number of oxazole rings is 2. The Balaban J connectivity index is 0.720. The van der Waals surface area contributed by atoms with Gasteiger partial charge in [-0.2, -0.15) is 0 Å². The monoisotopic (exact) mass is 1150 g/mol. The van der Waals surface area contributed by atoms with Crippen LogP contribution in [0.1, 0.15) is 44.5 Å². The largest absolute Gasteiger partial charge is 0.436 e. The molecule has 2 aliphatic rings. The molecule has 0 amide bonds. The Morgan fingerprint density at radius 2 is 0.478 bits per heavy atom. The maximum Gasteiger partial charge on any atom is 0.227 e. The van der Waals surface area contributed by atoms with Crippen LogP contribution in [0.5, 0.6) is 0 Å². The van der Waals surface area contributed by atoms with Crippen LogP contribution in [-0.2, 0) is 10.8 Å². The number of hydrogen-bond donors (Lipinski definition) is 0. The van der Waals surface area contributed by atoms with Crippen molar-refractivity contribution in [2.75, 3.05) is 0 Å². The molecule has 2 aliphatic carbocycles. The van der Waals surface area contributed by atoms with Gasteiger partial charge in [0, 0.05) is 22.3 Å². The summed E-state index contributed by atoms with van der Waals surface area (Å²) < 4.78 is 12.8. The van der Waals surface area contributed by atoms with Crippen molar-refractivity contribution in [3.8, 4) is 89.9 Å². The molecule has 0 radical (unpaired) electrons. The highest BCUT2D eigenvalue weighted by Gasteiger charge is 2.48. The van der Waals surface area contributed by atoms with E-state index in [2.05, 4.69) is 243 Å². The zero-order valence-corrected chi connectivity index (χ0v) is 48.6. The van der Waals surface area contributed by atoms with E-state index in [0.29, 0.717) is 11.8 Å². The van der Waals surface area contributed by atoms with E-state index in [1.54, 1.807) is 0 Å². The van der Waals surface area contributed by atoms with Crippen LogP contribution in [0.4, 0.5) is 0 Å². The minimum atomic E-state index is -0.641. The number of hydrogen-bond acceptors (Lipinski definition) is 6. The molecule has 6 nitrogen and oxygen atoms in total. The second kappa shape index (κ2) is 20.4. The van der Waals surface area contributed by atoms with E-state index in [1.165, 1.54) is 66.8 Å². The van der Waals surface area contributed by atoms with E-state index in [1.807, 2.05) is 72.8 Å². The summed E-state index contributed by atoms with van der Waals surface area (Å²) in [6.07, 6.45) is 0. The smallest absolute Gasteiger partial charge is 0.227 e. The molecule has 18 rings (SSSR count). The predicted molar refractivity (Wildman–Crippen MR) is 362 cm³/mol. The lowest BCUT2D eigenvalue weighted by Gasteiger charge is -2.34. The first kappa shape index (κ1) is 51.4. The van der Waals surface area contributed by atoms with E-state index in [4.69, 9.17) is 28.8 Å². The number of fused-ring (bicyclic) bond motifs is 9. The van der Waals surface area contributed by atoms with Gasteiger partial charge in [-0.3, -0.25) is 0 Å². The molecule has 0 N–H and O–H groups in total. The van der Waals surface area contributed by atoms with Crippen molar-refractivity contribution in [3.05, 3.63) is 360 Å². The van der Waals surface area contributed by atoms with Crippen molar-refractivity contribution >= 4 is 33.2 Å². The molecule has 0 bridgehead atoms. The Labute approximate surface area is 519 Å². The number of nitrogens with zero attached hydrogens (tertiary/aromatic N) is 4. The molecule has 0 fully saturated rings. The van der Waals surface area contributed by atoms with Crippen LogP contribution in [-0.4, -0.2) is 19.9 Å². The second-order valence-corrected chi connectivity index (χ2v) is 23.5. The fraction of sp³-hybridized carbons (Fsp3) is 0.0238.